The van der Waals surface area contributed by atoms with E-state index in [1.54, 1.807) is 6.20 Å². The zero-order chi connectivity index (χ0) is 15.9. The van der Waals surface area contributed by atoms with Crippen molar-refractivity contribution in [1.29, 1.82) is 0 Å². The Morgan fingerprint density at radius 2 is 1.77 bits per heavy atom. The molecule has 22 heavy (non-hydrogen) atoms. The molecule has 1 aromatic heterocycles. The maximum atomic E-state index is 5.89. The number of hydrogen-bond acceptors (Lipinski definition) is 5. The Hall–Kier alpha value is -2.14. The molecule has 0 unspecified atom stereocenters. The van der Waals surface area contributed by atoms with Gasteiger partial charge >= 0.3 is 0 Å². The predicted molar refractivity (Wildman–Crippen MR) is 92.8 cm³/mol. The van der Waals surface area contributed by atoms with Crippen molar-refractivity contribution in [3.63, 3.8) is 0 Å². The van der Waals surface area contributed by atoms with Crippen LogP contribution < -0.4 is 16.4 Å². The van der Waals surface area contributed by atoms with Gasteiger partial charge in [-0.1, -0.05) is 12.1 Å². The number of rotatable bonds is 7. The fraction of sp³-hybridized carbons (Fsp3) is 0.412. The van der Waals surface area contributed by atoms with E-state index < -0.39 is 0 Å². The van der Waals surface area contributed by atoms with Crippen LogP contribution in [0.25, 0.3) is 11.3 Å². The van der Waals surface area contributed by atoms with Crippen LogP contribution >= 0.6 is 0 Å². The van der Waals surface area contributed by atoms with Crippen LogP contribution in [0.15, 0.2) is 30.5 Å². The number of nitrogens with zero attached hydrogens (tertiary/aromatic N) is 3. The highest BCUT2D eigenvalue weighted by Crippen LogP contribution is 2.23. The van der Waals surface area contributed by atoms with Crippen molar-refractivity contribution in [3.8, 4) is 11.3 Å². The van der Waals surface area contributed by atoms with Gasteiger partial charge in [-0.05, 0) is 45.4 Å². The first-order valence-corrected chi connectivity index (χ1v) is 7.86. The molecule has 4 N–H and O–H groups in total. The molecule has 118 valence electrons. The minimum atomic E-state index is 0.497. The molecule has 0 bridgehead atoms. The lowest BCUT2D eigenvalue weighted by Crippen LogP contribution is -2.21. The summed E-state index contributed by atoms with van der Waals surface area (Å²) < 4.78 is 0. The highest BCUT2D eigenvalue weighted by Gasteiger charge is 2.07. The summed E-state index contributed by atoms with van der Waals surface area (Å²) in [5.41, 5.74) is 15.4. The van der Waals surface area contributed by atoms with Crippen LogP contribution in [0.1, 0.15) is 26.0 Å². The number of nitrogens with two attached hydrogens (primary N) is 2. The molecule has 0 radical (unpaired) electrons. The summed E-state index contributed by atoms with van der Waals surface area (Å²) >= 11 is 0. The van der Waals surface area contributed by atoms with E-state index in [1.165, 1.54) is 5.69 Å². The molecular weight excluding hydrogens is 274 g/mol. The smallest absolute Gasteiger partial charge is 0.145 e. The van der Waals surface area contributed by atoms with Gasteiger partial charge in [-0.3, -0.25) is 0 Å². The van der Waals surface area contributed by atoms with Gasteiger partial charge in [0.05, 0.1) is 17.6 Å². The van der Waals surface area contributed by atoms with E-state index in [0.717, 1.165) is 42.9 Å². The summed E-state index contributed by atoms with van der Waals surface area (Å²) in [6.45, 7) is 6.95. The van der Waals surface area contributed by atoms with Crippen molar-refractivity contribution >= 4 is 11.5 Å². The summed E-state index contributed by atoms with van der Waals surface area (Å²) in [7, 11) is 0. The first-order chi connectivity index (χ1) is 10.7. The molecule has 0 amide bonds. The van der Waals surface area contributed by atoms with Crippen LogP contribution in [-0.4, -0.2) is 29.6 Å². The number of anilines is 2. The lowest BCUT2D eigenvalue weighted by atomic mass is 10.1. The summed E-state index contributed by atoms with van der Waals surface area (Å²) in [5.74, 6) is 0.497. The lowest BCUT2D eigenvalue weighted by Gasteiger charge is -2.21. The summed E-state index contributed by atoms with van der Waals surface area (Å²) in [6, 6.07) is 8.42. The van der Waals surface area contributed by atoms with Crippen LogP contribution in [0.2, 0.25) is 0 Å². The number of hydrogen-bond donors (Lipinski definition) is 2. The van der Waals surface area contributed by atoms with Gasteiger partial charge < -0.3 is 16.4 Å². The standard InChI is InChI=1S/C17H25N5/c1-3-22(4-2)14-9-7-13(8-10-14)16-12-20-17(19)15(21-16)6-5-11-18/h7-10,12H,3-6,11,18H2,1-2H3,(H2,19,20). The molecule has 1 aromatic carbocycles. The van der Waals surface area contributed by atoms with Crippen molar-refractivity contribution in [3.05, 3.63) is 36.2 Å². The van der Waals surface area contributed by atoms with E-state index in [0.29, 0.717) is 12.4 Å². The summed E-state index contributed by atoms with van der Waals surface area (Å²) in [4.78, 5) is 11.2. The number of benzene rings is 1. The van der Waals surface area contributed by atoms with Crippen molar-refractivity contribution in [2.45, 2.75) is 26.7 Å². The van der Waals surface area contributed by atoms with Crippen molar-refractivity contribution < 1.29 is 0 Å². The first kappa shape index (κ1) is 16.2. The summed E-state index contributed by atoms with van der Waals surface area (Å²) in [5, 5.41) is 0. The second kappa shape index (κ2) is 7.75. The van der Waals surface area contributed by atoms with Crippen LogP contribution in [-0.2, 0) is 6.42 Å². The van der Waals surface area contributed by atoms with Gasteiger partial charge in [-0.15, -0.1) is 0 Å². The van der Waals surface area contributed by atoms with Crippen LogP contribution in [0, 0.1) is 0 Å². The Morgan fingerprint density at radius 3 is 2.36 bits per heavy atom. The maximum Gasteiger partial charge on any atom is 0.145 e. The number of aromatic nitrogens is 2. The van der Waals surface area contributed by atoms with Crippen molar-refractivity contribution in [1.82, 2.24) is 9.97 Å². The van der Waals surface area contributed by atoms with Gasteiger partial charge in [0.2, 0.25) is 0 Å². The third-order valence-electron chi connectivity index (χ3n) is 3.79. The maximum absolute atomic E-state index is 5.89. The molecule has 2 rings (SSSR count). The second-order valence-corrected chi connectivity index (χ2v) is 5.20. The van der Waals surface area contributed by atoms with Crippen LogP contribution in [0.3, 0.4) is 0 Å². The fourth-order valence-electron chi connectivity index (χ4n) is 2.46. The van der Waals surface area contributed by atoms with Gasteiger partial charge in [-0.2, -0.15) is 0 Å². The minimum absolute atomic E-state index is 0.497. The molecule has 0 saturated carbocycles. The SMILES string of the molecule is CCN(CC)c1ccc(-c2cnc(N)c(CCCN)n2)cc1. The van der Waals surface area contributed by atoms with E-state index in [1.807, 2.05) is 0 Å². The molecular formula is C17H25N5. The van der Waals surface area contributed by atoms with Crippen LogP contribution in [0.5, 0.6) is 0 Å². The molecule has 0 saturated heterocycles. The molecule has 0 aliphatic heterocycles. The molecule has 0 atom stereocenters. The lowest BCUT2D eigenvalue weighted by molar-refractivity contribution is 0.809. The Kier molecular flexibility index (Phi) is 5.72. The zero-order valence-electron chi connectivity index (χ0n) is 13.4. The fourth-order valence-corrected chi connectivity index (χ4v) is 2.46. The Labute approximate surface area is 132 Å². The highest BCUT2D eigenvalue weighted by molar-refractivity contribution is 5.63. The van der Waals surface area contributed by atoms with E-state index >= 15 is 0 Å². The largest absolute Gasteiger partial charge is 0.382 e. The highest BCUT2D eigenvalue weighted by atomic mass is 15.1. The Balaban J connectivity index is 2.24. The minimum Gasteiger partial charge on any atom is -0.382 e. The normalized spacial score (nSPS) is 10.7. The Bertz CT molecular complexity index is 590. The zero-order valence-corrected chi connectivity index (χ0v) is 13.4. The number of nitrogen functional groups attached to an aromatic ring is 1. The molecule has 0 aliphatic rings. The first-order valence-electron chi connectivity index (χ1n) is 7.86. The number of aryl methyl sites for hydroxylation is 1. The quantitative estimate of drug-likeness (QED) is 0.821. The molecule has 0 spiro atoms. The molecule has 5 heteroatoms. The third-order valence-corrected chi connectivity index (χ3v) is 3.79. The topological polar surface area (TPSA) is 81.1 Å². The monoisotopic (exact) mass is 299 g/mol. The van der Waals surface area contributed by atoms with Gasteiger partial charge in [-0.25, -0.2) is 9.97 Å². The Morgan fingerprint density at radius 1 is 1.09 bits per heavy atom. The molecule has 1 heterocycles. The van der Waals surface area contributed by atoms with E-state index in [9.17, 15) is 0 Å². The molecule has 0 aliphatic carbocycles. The summed E-state index contributed by atoms with van der Waals surface area (Å²) in [6.07, 6.45) is 3.36. The van der Waals surface area contributed by atoms with E-state index in [4.69, 9.17) is 11.5 Å². The van der Waals surface area contributed by atoms with Gasteiger partial charge in [0.25, 0.3) is 0 Å². The van der Waals surface area contributed by atoms with E-state index in [2.05, 4.69) is 53.0 Å². The predicted octanol–water partition coefficient (Wildman–Crippen LogP) is 2.46. The average Bonchev–Trinajstić information content (AvgIpc) is 2.56. The van der Waals surface area contributed by atoms with Gasteiger partial charge in [0.15, 0.2) is 0 Å². The van der Waals surface area contributed by atoms with Gasteiger partial charge in [0, 0.05) is 24.3 Å². The van der Waals surface area contributed by atoms with E-state index in [-0.39, 0.29) is 0 Å². The van der Waals surface area contributed by atoms with Crippen LogP contribution in [0.4, 0.5) is 11.5 Å². The van der Waals surface area contributed by atoms with Crippen molar-refractivity contribution in [2.24, 2.45) is 5.73 Å². The average molecular weight is 299 g/mol. The van der Waals surface area contributed by atoms with Crippen molar-refractivity contribution in [2.75, 3.05) is 30.3 Å². The van der Waals surface area contributed by atoms with Gasteiger partial charge in [0.1, 0.15) is 5.82 Å². The molecule has 0 fully saturated rings. The molecule has 5 nitrogen and oxygen atoms in total. The third kappa shape index (κ3) is 3.74. The second-order valence-electron chi connectivity index (χ2n) is 5.20. The molecule has 2 aromatic rings.